The van der Waals surface area contributed by atoms with Crippen LogP contribution in [0.5, 0.6) is 0 Å². The van der Waals surface area contributed by atoms with Gasteiger partial charge in [0.2, 0.25) is 0 Å². The summed E-state index contributed by atoms with van der Waals surface area (Å²) in [6, 6.07) is 0. The molecule has 0 amide bonds. The van der Waals surface area contributed by atoms with Gasteiger partial charge in [0, 0.05) is 7.11 Å². The average Bonchev–Trinajstić information content (AvgIpc) is 3.17. The molecule has 122 valence electrons. The van der Waals surface area contributed by atoms with Crippen LogP contribution in [0.1, 0.15) is 55.2 Å². The van der Waals surface area contributed by atoms with Crippen molar-refractivity contribution < 1.29 is 9.26 Å². The fraction of sp³-hybridized carbons (Fsp3) is 0.643. The molecule has 2 aromatic heterocycles. The van der Waals surface area contributed by atoms with E-state index in [0.29, 0.717) is 11.7 Å². The smallest absolute Gasteiger partial charge is 0.269 e. The molecule has 1 aliphatic carbocycles. The summed E-state index contributed by atoms with van der Waals surface area (Å²) in [6.07, 6.45) is 4.03. The fourth-order valence-electron chi connectivity index (χ4n) is 2.64. The van der Waals surface area contributed by atoms with Crippen LogP contribution < -0.4 is 5.73 Å². The van der Waals surface area contributed by atoms with Crippen LogP contribution in [0, 0.1) is 6.92 Å². The first-order valence-corrected chi connectivity index (χ1v) is 7.99. The van der Waals surface area contributed by atoms with Crippen LogP contribution in [0.2, 0.25) is 0 Å². The molecular weight excluding hydrogens is 324 g/mol. The van der Waals surface area contributed by atoms with Gasteiger partial charge in [-0.25, -0.2) is 4.98 Å². The van der Waals surface area contributed by atoms with Gasteiger partial charge in [-0.05, 0) is 26.7 Å². The zero-order chi connectivity index (χ0) is 15.0. The topological polar surface area (TPSA) is 87.1 Å². The molecule has 2 aromatic rings. The van der Waals surface area contributed by atoms with E-state index in [9.17, 15) is 0 Å². The van der Waals surface area contributed by atoms with E-state index in [4.69, 9.17) is 15.0 Å². The summed E-state index contributed by atoms with van der Waals surface area (Å²) in [4.78, 5) is 9.93. The van der Waals surface area contributed by atoms with Gasteiger partial charge < -0.3 is 15.0 Å². The molecule has 0 bridgehead atoms. The first-order valence-electron chi connectivity index (χ1n) is 7.17. The minimum Gasteiger partial charge on any atom is -0.375 e. The maximum atomic E-state index is 6.37. The molecule has 1 fully saturated rings. The van der Waals surface area contributed by atoms with Gasteiger partial charge in [-0.1, -0.05) is 18.0 Å². The summed E-state index contributed by atoms with van der Waals surface area (Å²) < 4.78 is 10.7. The zero-order valence-corrected chi connectivity index (χ0v) is 14.6. The number of nitrogens with zero attached hydrogens (tertiary/aromatic N) is 3. The van der Waals surface area contributed by atoms with Gasteiger partial charge in [-0.2, -0.15) is 4.98 Å². The van der Waals surface area contributed by atoms with E-state index in [0.717, 1.165) is 41.3 Å². The second-order valence-electron chi connectivity index (χ2n) is 5.63. The lowest BCUT2D eigenvalue weighted by molar-refractivity contribution is 0.119. The molecule has 1 atom stereocenters. The van der Waals surface area contributed by atoms with E-state index < -0.39 is 5.54 Å². The number of aryl methyl sites for hydroxylation is 1. The van der Waals surface area contributed by atoms with Gasteiger partial charge in [0.05, 0.1) is 11.2 Å². The average molecular weight is 345 g/mol. The van der Waals surface area contributed by atoms with E-state index in [1.54, 1.807) is 7.11 Å². The summed E-state index contributed by atoms with van der Waals surface area (Å²) in [7, 11) is 1.67. The van der Waals surface area contributed by atoms with Crippen molar-refractivity contribution in [3.8, 4) is 10.8 Å². The highest BCUT2D eigenvalue weighted by molar-refractivity contribution is 7.15. The van der Waals surface area contributed by atoms with Crippen molar-refractivity contribution in [3.63, 3.8) is 0 Å². The molecule has 1 aliphatic rings. The van der Waals surface area contributed by atoms with Crippen LogP contribution in [-0.4, -0.2) is 22.2 Å². The summed E-state index contributed by atoms with van der Waals surface area (Å²) >= 11 is 1.53. The minimum atomic E-state index is -0.428. The monoisotopic (exact) mass is 344 g/mol. The first-order chi connectivity index (χ1) is 10.0. The van der Waals surface area contributed by atoms with E-state index in [1.165, 1.54) is 11.3 Å². The van der Waals surface area contributed by atoms with Crippen molar-refractivity contribution in [2.45, 2.75) is 51.2 Å². The Labute approximate surface area is 139 Å². The van der Waals surface area contributed by atoms with Gasteiger partial charge in [-0.15, -0.1) is 23.7 Å². The largest absolute Gasteiger partial charge is 0.375 e. The normalized spacial score (nSPS) is 18.2. The number of halogens is 1. The highest BCUT2D eigenvalue weighted by atomic mass is 35.5. The second-order valence-corrected chi connectivity index (χ2v) is 6.66. The number of hydrogen-bond donors (Lipinski definition) is 1. The van der Waals surface area contributed by atoms with Crippen molar-refractivity contribution in [2.24, 2.45) is 5.73 Å². The Morgan fingerprint density at radius 1 is 1.32 bits per heavy atom. The van der Waals surface area contributed by atoms with E-state index in [2.05, 4.69) is 15.1 Å². The molecule has 0 aromatic carbocycles. The molecule has 0 saturated heterocycles. The molecule has 0 radical (unpaired) electrons. The van der Waals surface area contributed by atoms with Crippen LogP contribution in [0.4, 0.5) is 0 Å². The number of nitrogens with two attached hydrogens (primary N) is 1. The minimum absolute atomic E-state index is 0. The molecule has 0 aliphatic heterocycles. The van der Waals surface area contributed by atoms with E-state index in [-0.39, 0.29) is 18.5 Å². The molecule has 1 unspecified atom stereocenters. The second kappa shape index (κ2) is 6.62. The number of aromatic nitrogens is 3. The maximum Gasteiger partial charge on any atom is 0.269 e. The highest BCUT2D eigenvalue weighted by Gasteiger charge is 2.36. The SMILES string of the molecule is COC(C)c1nc(C)c(-c2nc(C3(N)CCCC3)no2)s1.Cl. The number of rotatable bonds is 4. The Morgan fingerprint density at radius 2 is 2.00 bits per heavy atom. The lowest BCUT2D eigenvalue weighted by Crippen LogP contribution is -2.34. The van der Waals surface area contributed by atoms with Crippen molar-refractivity contribution in [2.75, 3.05) is 7.11 Å². The van der Waals surface area contributed by atoms with Crippen LogP contribution in [-0.2, 0) is 10.3 Å². The third kappa shape index (κ3) is 3.03. The van der Waals surface area contributed by atoms with Gasteiger partial charge in [0.25, 0.3) is 5.89 Å². The van der Waals surface area contributed by atoms with Crippen molar-refractivity contribution >= 4 is 23.7 Å². The molecule has 1 saturated carbocycles. The van der Waals surface area contributed by atoms with Crippen molar-refractivity contribution in [1.29, 1.82) is 0 Å². The Hall–Kier alpha value is -1.02. The Bertz CT molecular complexity index is 637. The summed E-state index contributed by atoms with van der Waals surface area (Å²) in [5.74, 6) is 1.12. The molecule has 2 heterocycles. The Kier molecular flexibility index (Phi) is 5.21. The first kappa shape index (κ1) is 17.3. The molecular formula is C14H21ClN4O2S. The van der Waals surface area contributed by atoms with Crippen molar-refractivity contribution in [1.82, 2.24) is 15.1 Å². The summed E-state index contributed by atoms with van der Waals surface area (Å²) in [5.41, 5.74) is 6.82. The Morgan fingerprint density at radius 3 is 2.64 bits per heavy atom. The lowest BCUT2D eigenvalue weighted by Gasteiger charge is -2.17. The van der Waals surface area contributed by atoms with Gasteiger partial charge in [-0.3, -0.25) is 0 Å². The third-order valence-electron chi connectivity index (χ3n) is 4.08. The predicted octanol–water partition coefficient (Wildman–Crippen LogP) is 3.36. The number of ether oxygens (including phenoxy) is 1. The fourth-order valence-corrected chi connectivity index (χ4v) is 3.66. The standard InChI is InChI=1S/C14H20N4O2S.ClH/c1-8-10(21-12(16-8)9(2)19-3)11-17-13(18-20-11)14(15)6-4-5-7-14;/h9H,4-7,15H2,1-3H3;1H. The molecule has 8 heteroatoms. The number of methoxy groups -OCH3 is 1. The predicted molar refractivity (Wildman–Crippen MR) is 87.1 cm³/mol. The van der Waals surface area contributed by atoms with E-state index >= 15 is 0 Å². The van der Waals surface area contributed by atoms with Crippen LogP contribution in [0.3, 0.4) is 0 Å². The van der Waals surface area contributed by atoms with Crippen LogP contribution >= 0.6 is 23.7 Å². The van der Waals surface area contributed by atoms with Gasteiger partial charge in [0.1, 0.15) is 16.0 Å². The Balaban J connectivity index is 0.00000176. The lowest BCUT2D eigenvalue weighted by atomic mass is 9.99. The van der Waals surface area contributed by atoms with Gasteiger partial charge >= 0.3 is 0 Å². The molecule has 2 N–H and O–H groups in total. The van der Waals surface area contributed by atoms with Crippen LogP contribution in [0.25, 0.3) is 10.8 Å². The molecule has 0 spiro atoms. The van der Waals surface area contributed by atoms with Gasteiger partial charge in [0.15, 0.2) is 5.82 Å². The maximum absolute atomic E-state index is 6.37. The quantitative estimate of drug-likeness (QED) is 0.915. The number of hydrogen-bond acceptors (Lipinski definition) is 7. The summed E-state index contributed by atoms with van der Waals surface area (Å²) in [5, 5.41) is 5.01. The summed E-state index contributed by atoms with van der Waals surface area (Å²) in [6.45, 7) is 3.91. The zero-order valence-electron chi connectivity index (χ0n) is 13.0. The highest BCUT2D eigenvalue weighted by Crippen LogP contribution is 2.37. The molecule has 3 rings (SSSR count). The molecule has 6 nitrogen and oxygen atoms in total. The van der Waals surface area contributed by atoms with Crippen molar-refractivity contribution in [3.05, 3.63) is 16.5 Å². The van der Waals surface area contributed by atoms with Crippen LogP contribution in [0.15, 0.2) is 4.52 Å². The molecule has 22 heavy (non-hydrogen) atoms. The number of thiazole rings is 1. The van der Waals surface area contributed by atoms with E-state index in [1.807, 2.05) is 13.8 Å². The third-order valence-corrected chi connectivity index (χ3v) is 5.38.